The van der Waals surface area contributed by atoms with Gasteiger partial charge in [0.15, 0.2) is 0 Å². The van der Waals surface area contributed by atoms with Crippen LogP contribution in [-0.4, -0.2) is 4.98 Å². The van der Waals surface area contributed by atoms with Crippen LogP contribution in [0.25, 0.3) is 11.3 Å². The second-order valence-corrected chi connectivity index (χ2v) is 7.20. The molecule has 20 heavy (non-hydrogen) atoms. The van der Waals surface area contributed by atoms with Crippen molar-refractivity contribution in [3.05, 3.63) is 33.5 Å². The molecule has 5 heteroatoms. The quantitative estimate of drug-likeness (QED) is 0.790. The molecule has 106 valence electrons. The molecule has 1 aromatic carbocycles. The van der Waals surface area contributed by atoms with Gasteiger partial charge in [-0.15, -0.1) is 11.3 Å². The summed E-state index contributed by atoms with van der Waals surface area (Å²) in [6, 6.07) is 5.00. The van der Waals surface area contributed by atoms with Gasteiger partial charge >= 0.3 is 0 Å². The minimum absolute atomic E-state index is 0.286. The molecule has 2 aromatic rings. The van der Waals surface area contributed by atoms with E-state index in [2.05, 4.69) is 20.9 Å². The van der Waals surface area contributed by atoms with Crippen LogP contribution < -0.4 is 5.73 Å². The second kappa shape index (κ2) is 5.82. The van der Waals surface area contributed by atoms with Gasteiger partial charge in [0.2, 0.25) is 0 Å². The average molecular weight is 355 g/mol. The summed E-state index contributed by atoms with van der Waals surface area (Å²) in [5.41, 5.74) is 7.15. The van der Waals surface area contributed by atoms with Gasteiger partial charge in [0.05, 0.1) is 5.01 Å². The maximum Gasteiger partial charge on any atom is 0.133 e. The molecular formula is C15H16BrFN2S. The highest BCUT2D eigenvalue weighted by molar-refractivity contribution is 9.10. The molecule has 0 amide bonds. The number of nitrogens with two attached hydrogens (primary N) is 1. The van der Waals surface area contributed by atoms with Crippen LogP contribution >= 0.6 is 27.3 Å². The number of thiazole rings is 1. The molecule has 1 aliphatic carbocycles. The van der Waals surface area contributed by atoms with E-state index in [4.69, 9.17) is 5.73 Å². The Hall–Kier alpha value is -0.940. The summed E-state index contributed by atoms with van der Waals surface area (Å²) >= 11 is 4.78. The second-order valence-electron chi connectivity index (χ2n) is 5.22. The van der Waals surface area contributed by atoms with Gasteiger partial charge in [0.1, 0.15) is 16.5 Å². The van der Waals surface area contributed by atoms with Gasteiger partial charge in [0.25, 0.3) is 0 Å². The Labute approximate surface area is 130 Å². The van der Waals surface area contributed by atoms with Crippen LogP contribution in [0.5, 0.6) is 0 Å². The van der Waals surface area contributed by atoms with Crippen LogP contribution in [0.15, 0.2) is 22.7 Å². The van der Waals surface area contributed by atoms with E-state index in [1.165, 1.54) is 49.5 Å². The summed E-state index contributed by atoms with van der Waals surface area (Å²) < 4.78 is 14.8. The van der Waals surface area contributed by atoms with Crippen molar-refractivity contribution in [1.29, 1.82) is 0 Å². The summed E-state index contributed by atoms with van der Waals surface area (Å²) in [6.07, 6.45) is 6.17. The van der Waals surface area contributed by atoms with E-state index in [1.54, 1.807) is 6.07 Å². The first-order chi connectivity index (χ1) is 9.65. The molecule has 0 atom stereocenters. The zero-order valence-corrected chi connectivity index (χ0v) is 13.4. The number of rotatable bonds is 2. The van der Waals surface area contributed by atoms with Crippen LogP contribution in [0, 0.1) is 5.82 Å². The van der Waals surface area contributed by atoms with Crippen molar-refractivity contribution in [3.63, 3.8) is 0 Å². The molecule has 0 unspecified atom stereocenters. The van der Waals surface area contributed by atoms with Crippen molar-refractivity contribution in [3.8, 4) is 11.3 Å². The highest BCUT2D eigenvalue weighted by Gasteiger charge is 2.22. The number of hydrogen-bond donors (Lipinski definition) is 1. The highest BCUT2D eigenvalue weighted by Crippen LogP contribution is 2.40. The summed E-state index contributed by atoms with van der Waals surface area (Å²) in [4.78, 5) is 4.63. The number of aromatic nitrogens is 1. The van der Waals surface area contributed by atoms with Crippen molar-refractivity contribution in [2.75, 3.05) is 5.73 Å². The van der Waals surface area contributed by atoms with Gasteiger partial charge in [-0.25, -0.2) is 9.37 Å². The van der Waals surface area contributed by atoms with Crippen molar-refractivity contribution in [2.24, 2.45) is 0 Å². The zero-order valence-electron chi connectivity index (χ0n) is 11.0. The molecule has 0 saturated heterocycles. The van der Waals surface area contributed by atoms with Gasteiger partial charge in [-0.05, 0) is 31.0 Å². The Bertz CT molecular complexity index is 620. The third-order valence-electron chi connectivity index (χ3n) is 3.81. The molecule has 1 heterocycles. The van der Waals surface area contributed by atoms with Crippen molar-refractivity contribution in [1.82, 2.24) is 4.98 Å². The fourth-order valence-corrected chi connectivity index (χ4v) is 4.10. The first-order valence-corrected chi connectivity index (χ1v) is 8.47. The van der Waals surface area contributed by atoms with E-state index in [0.29, 0.717) is 22.2 Å². The van der Waals surface area contributed by atoms with Crippen molar-refractivity contribution in [2.45, 2.75) is 38.0 Å². The molecular weight excluding hydrogens is 339 g/mol. The minimum Gasteiger partial charge on any atom is -0.389 e. The smallest absolute Gasteiger partial charge is 0.133 e. The largest absolute Gasteiger partial charge is 0.389 e. The maximum atomic E-state index is 14.0. The van der Waals surface area contributed by atoms with Crippen LogP contribution in [0.2, 0.25) is 0 Å². The zero-order chi connectivity index (χ0) is 14.1. The third-order valence-corrected chi connectivity index (χ3v) is 5.35. The SMILES string of the molecule is Nc1sc(C2CCCCC2)nc1-c1ccc(Br)cc1F. The highest BCUT2D eigenvalue weighted by atomic mass is 79.9. The Morgan fingerprint density at radius 3 is 2.70 bits per heavy atom. The molecule has 1 fully saturated rings. The maximum absolute atomic E-state index is 14.0. The summed E-state index contributed by atoms with van der Waals surface area (Å²) in [5.74, 6) is 0.217. The third kappa shape index (κ3) is 2.74. The van der Waals surface area contributed by atoms with Crippen LogP contribution in [-0.2, 0) is 0 Å². The van der Waals surface area contributed by atoms with E-state index < -0.39 is 0 Å². The van der Waals surface area contributed by atoms with Crippen LogP contribution in [0.4, 0.5) is 9.39 Å². The number of nitrogens with zero attached hydrogens (tertiary/aromatic N) is 1. The lowest BCUT2D eigenvalue weighted by Crippen LogP contribution is -2.03. The molecule has 2 N–H and O–H groups in total. The molecule has 3 rings (SSSR count). The first-order valence-electron chi connectivity index (χ1n) is 6.87. The number of hydrogen-bond acceptors (Lipinski definition) is 3. The van der Waals surface area contributed by atoms with Gasteiger partial charge in [-0.1, -0.05) is 35.2 Å². The monoisotopic (exact) mass is 354 g/mol. The Morgan fingerprint density at radius 2 is 2.00 bits per heavy atom. The van der Waals surface area contributed by atoms with Gasteiger partial charge in [0, 0.05) is 16.0 Å². The number of benzene rings is 1. The molecule has 2 nitrogen and oxygen atoms in total. The molecule has 1 aliphatic rings. The Balaban J connectivity index is 1.95. The Morgan fingerprint density at radius 1 is 1.25 bits per heavy atom. The summed E-state index contributed by atoms with van der Waals surface area (Å²) in [7, 11) is 0. The van der Waals surface area contributed by atoms with E-state index in [-0.39, 0.29) is 5.82 Å². The number of halogens is 2. The molecule has 0 spiro atoms. The molecule has 0 aliphatic heterocycles. The van der Waals surface area contributed by atoms with E-state index >= 15 is 0 Å². The Kier molecular flexibility index (Phi) is 4.08. The molecule has 1 saturated carbocycles. The first kappa shape index (κ1) is 14.0. The van der Waals surface area contributed by atoms with E-state index in [0.717, 1.165) is 9.48 Å². The van der Waals surface area contributed by atoms with E-state index in [9.17, 15) is 4.39 Å². The fourth-order valence-electron chi connectivity index (χ4n) is 2.75. The van der Waals surface area contributed by atoms with Gasteiger partial charge in [-0.3, -0.25) is 0 Å². The average Bonchev–Trinajstić information content (AvgIpc) is 2.82. The normalized spacial score (nSPS) is 16.5. The van der Waals surface area contributed by atoms with Gasteiger partial charge < -0.3 is 5.73 Å². The van der Waals surface area contributed by atoms with E-state index in [1.807, 2.05) is 6.07 Å². The summed E-state index contributed by atoms with van der Waals surface area (Å²) in [5, 5.41) is 1.69. The lowest BCUT2D eigenvalue weighted by molar-refractivity contribution is 0.442. The standard InChI is InChI=1S/C15H16BrFN2S/c16-10-6-7-11(12(17)8-10)13-14(18)20-15(19-13)9-4-2-1-3-5-9/h6-9H,1-5,18H2. The van der Waals surface area contributed by atoms with Crippen LogP contribution in [0.3, 0.4) is 0 Å². The van der Waals surface area contributed by atoms with Crippen molar-refractivity contribution < 1.29 is 4.39 Å². The molecule has 0 bridgehead atoms. The van der Waals surface area contributed by atoms with Crippen LogP contribution in [0.1, 0.15) is 43.0 Å². The predicted octanol–water partition coefficient (Wildman–Crippen LogP) is 5.34. The number of nitrogen functional groups attached to an aromatic ring is 1. The topological polar surface area (TPSA) is 38.9 Å². The molecule has 1 aromatic heterocycles. The minimum atomic E-state index is -0.286. The predicted molar refractivity (Wildman–Crippen MR) is 85.4 cm³/mol. The lowest BCUT2D eigenvalue weighted by atomic mass is 9.90. The summed E-state index contributed by atoms with van der Waals surface area (Å²) in [6.45, 7) is 0. The lowest BCUT2D eigenvalue weighted by Gasteiger charge is -2.18. The molecule has 0 radical (unpaired) electrons. The fraction of sp³-hybridized carbons (Fsp3) is 0.400. The van der Waals surface area contributed by atoms with Gasteiger partial charge in [-0.2, -0.15) is 0 Å². The number of anilines is 1. The van der Waals surface area contributed by atoms with Crippen molar-refractivity contribution >= 4 is 32.3 Å².